The fraction of sp³-hybridized carbons (Fsp3) is 0.867. The number of aliphatic carboxylic acids is 1. The highest BCUT2D eigenvalue weighted by atomic mass is 16.4. The Labute approximate surface area is 116 Å². The Morgan fingerprint density at radius 2 is 1.74 bits per heavy atom. The number of amides is 1. The van der Waals surface area contributed by atoms with E-state index >= 15 is 0 Å². The highest BCUT2D eigenvalue weighted by Gasteiger charge is 2.22. The van der Waals surface area contributed by atoms with Gasteiger partial charge in [-0.15, -0.1) is 0 Å². The van der Waals surface area contributed by atoms with Gasteiger partial charge in [0.2, 0.25) is 5.91 Å². The number of carbonyl (C=O) groups excluding carboxylic acids is 1. The third-order valence-corrected chi connectivity index (χ3v) is 3.99. The average molecular weight is 269 g/mol. The van der Waals surface area contributed by atoms with Gasteiger partial charge in [-0.1, -0.05) is 45.4 Å². The minimum absolute atomic E-state index is 0.0595. The van der Waals surface area contributed by atoms with E-state index in [1.165, 1.54) is 19.3 Å². The van der Waals surface area contributed by atoms with Crippen molar-refractivity contribution in [2.75, 3.05) is 6.54 Å². The van der Waals surface area contributed by atoms with Gasteiger partial charge >= 0.3 is 5.97 Å². The SMILES string of the molecule is CCCC(CNC(=O)C1CCCCCCC1)C(=O)O. The summed E-state index contributed by atoms with van der Waals surface area (Å²) >= 11 is 0. The van der Waals surface area contributed by atoms with Crippen LogP contribution in [0, 0.1) is 11.8 Å². The molecule has 2 N–H and O–H groups in total. The van der Waals surface area contributed by atoms with Gasteiger partial charge < -0.3 is 10.4 Å². The molecule has 1 unspecified atom stereocenters. The summed E-state index contributed by atoms with van der Waals surface area (Å²) < 4.78 is 0. The van der Waals surface area contributed by atoms with Crippen LogP contribution in [0.2, 0.25) is 0 Å². The zero-order valence-electron chi connectivity index (χ0n) is 12.0. The van der Waals surface area contributed by atoms with E-state index < -0.39 is 11.9 Å². The molecule has 1 fully saturated rings. The van der Waals surface area contributed by atoms with Crippen LogP contribution in [0.3, 0.4) is 0 Å². The molecule has 0 aromatic heterocycles. The van der Waals surface area contributed by atoms with E-state index in [1.54, 1.807) is 0 Å². The van der Waals surface area contributed by atoms with E-state index in [1.807, 2.05) is 6.92 Å². The van der Waals surface area contributed by atoms with E-state index in [2.05, 4.69) is 5.32 Å². The number of carboxylic acid groups (broad SMARTS) is 1. The number of rotatable bonds is 6. The number of hydrogen-bond acceptors (Lipinski definition) is 2. The second kappa shape index (κ2) is 8.94. The van der Waals surface area contributed by atoms with Crippen LogP contribution in [0.1, 0.15) is 64.7 Å². The number of carboxylic acids is 1. The minimum atomic E-state index is -0.806. The molecular formula is C15H27NO3. The minimum Gasteiger partial charge on any atom is -0.481 e. The monoisotopic (exact) mass is 269 g/mol. The van der Waals surface area contributed by atoms with Gasteiger partial charge in [0.25, 0.3) is 0 Å². The van der Waals surface area contributed by atoms with E-state index in [4.69, 9.17) is 5.11 Å². The van der Waals surface area contributed by atoms with Gasteiger partial charge in [-0.2, -0.15) is 0 Å². The Morgan fingerprint density at radius 3 is 2.26 bits per heavy atom. The Morgan fingerprint density at radius 1 is 1.16 bits per heavy atom. The first kappa shape index (κ1) is 16.0. The van der Waals surface area contributed by atoms with Crippen LogP contribution in [0.25, 0.3) is 0 Å². The summed E-state index contributed by atoms with van der Waals surface area (Å²) in [6.07, 6.45) is 9.33. The largest absolute Gasteiger partial charge is 0.481 e. The van der Waals surface area contributed by atoms with Crippen molar-refractivity contribution in [3.8, 4) is 0 Å². The van der Waals surface area contributed by atoms with Crippen molar-refractivity contribution in [2.24, 2.45) is 11.8 Å². The average Bonchev–Trinajstić information content (AvgIpc) is 2.33. The highest BCUT2D eigenvalue weighted by Crippen LogP contribution is 2.22. The standard InChI is InChI=1S/C15H27NO3/c1-2-8-13(15(18)19)11-16-14(17)12-9-6-4-3-5-7-10-12/h12-13H,2-11H2,1H3,(H,16,17)(H,18,19). The molecule has 1 atom stereocenters. The van der Waals surface area contributed by atoms with Crippen LogP contribution >= 0.6 is 0 Å². The Bertz CT molecular complexity index is 283. The smallest absolute Gasteiger partial charge is 0.308 e. The fourth-order valence-electron chi connectivity index (χ4n) is 2.75. The number of nitrogens with one attached hydrogen (secondary N) is 1. The molecule has 1 aliphatic rings. The van der Waals surface area contributed by atoms with E-state index in [0.717, 1.165) is 32.1 Å². The second-order valence-electron chi connectivity index (χ2n) is 5.61. The first-order valence-electron chi connectivity index (χ1n) is 7.65. The molecule has 0 aliphatic heterocycles. The lowest BCUT2D eigenvalue weighted by Crippen LogP contribution is -2.37. The molecule has 1 saturated carbocycles. The third-order valence-electron chi connectivity index (χ3n) is 3.99. The molecule has 0 spiro atoms. The molecule has 1 rings (SSSR count). The molecule has 1 aliphatic carbocycles. The van der Waals surface area contributed by atoms with Crippen molar-refractivity contribution in [2.45, 2.75) is 64.7 Å². The number of hydrogen-bond donors (Lipinski definition) is 2. The summed E-state index contributed by atoms with van der Waals surface area (Å²) in [5.41, 5.74) is 0. The van der Waals surface area contributed by atoms with Crippen molar-refractivity contribution in [3.63, 3.8) is 0 Å². The van der Waals surface area contributed by atoms with E-state index in [9.17, 15) is 9.59 Å². The quantitative estimate of drug-likeness (QED) is 0.779. The van der Waals surface area contributed by atoms with Crippen LogP contribution in [0.4, 0.5) is 0 Å². The molecule has 0 radical (unpaired) electrons. The normalized spacial score (nSPS) is 19.2. The molecule has 0 aromatic carbocycles. The first-order valence-corrected chi connectivity index (χ1v) is 7.65. The van der Waals surface area contributed by atoms with Gasteiger partial charge in [0.05, 0.1) is 5.92 Å². The maximum Gasteiger partial charge on any atom is 0.308 e. The summed E-state index contributed by atoms with van der Waals surface area (Å²) in [4.78, 5) is 23.1. The van der Waals surface area contributed by atoms with Gasteiger partial charge in [-0.25, -0.2) is 0 Å². The zero-order chi connectivity index (χ0) is 14.1. The molecule has 4 nitrogen and oxygen atoms in total. The Balaban J connectivity index is 2.37. The van der Waals surface area contributed by atoms with Crippen LogP contribution in [-0.4, -0.2) is 23.5 Å². The molecule has 110 valence electrons. The Hall–Kier alpha value is -1.06. The van der Waals surface area contributed by atoms with Gasteiger partial charge in [-0.3, -0.25) is 9.59 Å². The summed E-state index contributed by atoms with van der Waals surface area (Å²) in [5, 5.41) is 11.9. The Kier molecular flexibility index (Phi) is 7.53. The van der Waals surface area contributed by atoms with Crippen LogP contribution in [0.15, 0.2) is 0 Å². The molecule has 0 aromatic rings. The van der Waals surface area contributed by atoms with Crippen LogP contribution < -0.4 is 5.32 Å². The lowest BCUT2D eigenvalue weighted by atomic mass is 9.90. The highest BCUT2D eigenvalue weighted by molar-refractivity contribution is 5.79. The predicted molar refractivity (Wildman–Crippen MR) is 74.9 cm³/mol. The summed E-state index contributed by atoms with van der Waals surface area (Å²) in [6.45, 7) is 2.24. The fourth-order valence-corrected chi connectivity index (χ4v) is 2.75. The van der Waals surface area contributed by atoms with Gasteiger partial charge in [0.1, 0.15) is 0 Å². The van der Waals surface area contributed by atoms with Crippen molar-refractivity contribution < 1.29 is 14.7 Å². The third kappa shape index (κ3) is 6.08. The second-order valence-corrected chi connectivity index (χ2v) is 5.61. The molecule has 0 heterocycles. The number of carbonyl (C=O) groups is 2. The molecule has 1 amide bonds. The molecule has 0 saturated heterocycles. The lowest BCUT2D eigenvalue weighted by molar-refractivity contribution is -0.142. The maximum absolute atomic E-state index is 12.1. The van der Waals surface area contributed by atoms with Crippen molar-refractivity contribution in [1.29, 1.82) is 0 Å². The maximum atomic E-state index is 12.1. The van der Waals surface area contributed by atoms with E-state index in [0.29, 0.717) is 6.42 Å². The predicted octanol–water partition coefficient (Wildman–Crippen LogP) is 2.96. The summed E-state index contributed by atoms with van der Waals surface area (Å²) in [7, 11) is 0. The molecular weight excluding hydrogens is 242 g/mol. The van der Waals surface area contributed by atoms with Crippen molar-refractivity contribution >= 4 is 11.9 Å². The van der Waals surface area contributed by atoms with Crippen LogP contribution in [-0.2, 0) is 9.59 Å². The lowest BCUT2D eigenvalue weighted by Gasteiger charge is -2.20. The van der Waals surface area contributed by atoms with Crippen molar-refractivity contribution in [3.05, 3.63) is 0 Å². The van der Waals surface area contributed by atoms with E-state index in [-0.39, 0.29) is 18.4 Å². The van der Waals surface area contributed by atoms with Gasteiger partial charge in [0.15, 0.2) is 0 Å². The molecule has 0 bridgehead atoms. The summed E-state index contributed by atoms with van der Waals surface area (Å²) in [5.74, 6) is -1.09. The first-order chi connectivity index (χ1) is 9.15. The topological polar surface area (TPSA) is 66.4 Å². The van der Waals surface area contributed by atoms with Crippen LogP contribution in [0.5, 0.6) is 0 Å². The molecule has 4 heteroatoms. The van der Waals surface area contributed by atoms with Gasteiger partial charge in [-0.05, 0) is 19.3 Å². The zero-order valence-corrected chi connectivity index (χ0v) is 12.0. The summed E-state index contributed by atoms with van der Waals surface area (Å²) in [6, 6.07) is 0. The van der Waals surface area contributed by atoms with Crippen molar-refractivity contribution in [1.82, 2.24) is 5.32 Å². The van der Waals surface area contributed by atoms with Gasteiger partial charge in [0, 0.05) is 12.5 Å². The molecule has 19 heavy (non-hydrogen) atoms.